The van der Waals surface area contributed by atoms with E-state index in [9.17, 15) is 4.79 Å². The van der Waals surface area contributed by atoms with Crippen LogP contribution in [0.25, 0.3) is 5.82 Å². The van der Waals surface area contributed by atoms with Crippen LogP contribution < -0.4 is 5.32 Å². The first-order chi connectivity index (χ1) is 10.1. The van der Waals surface area contributed by atoms with Gasteiger partial charge in [-0.25, -0.2) is 9.97 Å². The molecule has 0 saturated carbocycles. The molecule has 106 valence electrons. The number of carbonyl (C=O) groups is 1. The summed E-state index contributed by atoms with van der Waals surface area (Å²) in [4.78, 5) is 23.3. The van der Waals surface area contributed by atoms with E-state index in [-0.39, 0.29) is 5.91 Å². The number of halogens is 1. The first kappa shape index (κ1) is 13.6. The Balaban J connectivity index is 1.76. The lowest BCUT2D eigenvalue weighted by Crippen LogP contribution is -2.12. The molecular formula is C14H12BrN5O. The summed E-state index contributed by atoms with van der Waals surface area (Å²) < 4.78 is 2.70. The lowest BCUT2D eigenvalue weighted by Gasteiger charge is -2.06. The molecule has 0 atom stereocenters. The summed E-state index contributed by atoms with van der Waals surface area (Å²) in [7, 11) is 0. The Morgan fingerprint density at radius 1 is 1.38 bits per heavy atom. The first-order valence-corrected chi connectivity index (χ1v) is 7.04. The van der Waals surface area contributed by atoms with Gasteiger partial charge in [0.25, 0.3) is 5.91 Å². The zero-order valence-electron chi connectivity index (χ0n) is 11.2. The third kappa shape index (κ3) is 2.87. The third-order valence-electron chi connectivity index (χ3n) is 2.97. The molecule has 0 saturated heterocycles. The molecule has 3 aromatic rings. The molecule has 0 aliphatic carbocycles. The number of H-pyrrole nitrogens is 1. The monoisotopic (exact) mass is 345 g/mol. The van der Waals surface area contributed by atoms with E-state index in [2.05, 4.69) is 36.2 Å². The Bertz CT molecular complexity index is 775. The van der Waals surface area contributed by atoms with Gasteiger partial charge in [0.05, 0.1) is 11.9 Å². The van der Waals surface area contributed by atoms with Crippen molar-refractivity contribution >= 4 is 27.5 Å². The fraction of sp³-hybridized carbons (Fsp3) is 0.0714. The van der Waals surface area contributed by atoms with E-state index in [0.29, 0.717) is 11.4 Å². The number of carbonyl (C=O) groups excluding carboxylic acids is 1. The number of anilines is 1. The maximum atomic E-state index is 12.0. The molecule has 3 heterocycles. The molecule has 7 heteroatoms. The molecule has 0 unspecified atom stereocenters. The van der Waals surface area contributed by atoms with Crippen LogP contribution in [0.1, 0.15) is 16.3 Å². The molecule has 0 aromatic carbocycles. The summed E-state index contributed by atoms with van der Waals surface area (Å²) in [6.45, 7) is 1.90. The number of rotatable bonds is 3. The van der Waals surface area contributed by atoms with E-state index in [0.717, 1.165) is 16.1 Å². The van der Waals surface area contributed by atoms with E-state index in [1.54, 1.807) is 30.7 Å². The molecule has 3 aromatic heterocycles. The maximum absolute atomic E-state index is 12.0. The van der Waals surface area contributed by atoms with Crippen LogP contribution in [-0.2, 0) is 0 Å². The highest BCUT2D eigenvalue weighted by atomic mass is 79.9. The number of pyridine rings is 1. The number of hydrogen-bond acceptors (Lipinski definition) is 3. The molecule has 3 rings (SSSR count). The van der Waals surface area contributed by atoms with Crippen molar-refractivity contribution < 1.29 is 4.79 Å². The molecule has 0 spiro atoms. The van der Waals surface area contributed by atoms with Crippen LogP contribution in [0.15, 0.2) is 47.5 Å². The van der Waals surface area contributed by atoms with Gasteiger partial charge in [-0.15, -0.1) is 0 Å². The van der Waals surface area contributed by atoms with Gasteiger partial charge in [-0.1, -0.05) is 0 Å². The summed E-state index contributed by atoms with van der Waals surface area (Å²) in [6.07, 6.45) is 6.88. The van der Waals surface area contributed by atoms with E-state index in [1.165, 1.54) is 0 Å². The molecule has 0 radical (unpaired) electrons. The predicted octanol–water partition coefficient (Wildman–Crippen LogP) is 2.92. The first-order valence-electron chi connectivity index (χ1n) is 6.25. The Morgan fingerprint density at radius 3 is 2.81 bits per heavy atom. The molecule has 0 aliphatic rings. The second-order valence-electron chi connectivity index (χ2n) is 4.44. The van der Waals surface area contributed by atoms with Crippen molar-refractivity contribution in [2.24, 2.45) is 0 Å². The molecule has 21 heavy (non-hydrogen) atoms. The quantitative estimate of drug-likeness (QED) is 0.766. The van der Waals surface area contributed by atoms with Crippen molar-refractivity contribution in [1.82, 2.24) is 19.5 Å². The minimum atomic E-state index is -0.214. The van der Waals surface area contributed by atoms with Crippen molar-refractivity contribution in [3.63, 3.8) is 0 Å². The van der Waals surface area contributed by atoms with Crippen molar-refractivity contribution in [3.05, 3.63) is 59.0 Å². The topological polar surface area (TPSA) is 75.6 Å². The smallest absolute Gasteiger partial charge is 0.272 e. The molecule has 0 fully saturated rings. The minimum Gasteiger partial charge on any atom is -0.356 e. The van der Waals surface area contributed by atoms with Crippen molar-refractivity contribution in [1.29, 1.82) is 0 Å². The van der Waals surface area contributed by atoms with Crippen molar-refractivity contribution in [2.45, 2.75) is 6.92 Å². The van der Waals surface area contributed by atoms with Gasteiger partial charge in [-0.2, -0.15) is 0 Å². The number of aromatic amines is 1. The number of nitrogens with one attached hydrogen (secondary N) is 2. The van der Waals surface area contributed by atoms with Gasteiger partial charge in [0.15, 0.2) is 0 Å². The average molecular weight is 346 g/mol. The van der Waals surface area contributed by atoms with Crippen LogP contribution in [0.4, 0.5) is 5.69 Å². The van der Waals surface area contributed by atoms with Gasteiger partial charge in [-0.3, -0.25) is 9.36 Å². The van der Waals surface area contributed by atoms with E-state index in [4.69, 9.17) is 0 Å². The summed E-state index contributed by atoms with van der Waals surface area (Å²) in [5, 5.41) is 2.78. The third-order valence-corrected chi connectivity index (χ3v) is 3.43. The normalized spacial score (nSPS) is 10.6. The molecule has 0 bridgehead atoms. The second-order valence-corrected chi connectivity index (χ2v) is 5.35. The highest BCUT2D eigenvalue weighted by molar-refractivity contribution is 9.10. The fourth-order valence-electron chi connectivity index (χ4n) is 1.92. The van der Waals surface area contributed by atoms with Gasteiger partial charge in [-0.05, 0) is 41.1 Å². The lowest BCUT2D eigenvalue weighted by molar-refractivity contribution is 0.102. The zero-order valence-corrected chi connectivity index (χ0v) is 12.8. The van der Waals surface area contributed by atoms with Gasteiger partial charge >= 0.3 is 0 Å². The van der Waals surface area contributed by atoms with Gasteiger partial charge in [0, 0.05) is 23.1 Å². The van der Waals surface area contributed by atoms with Crippen LogP contribution >= 0.6 is 15.9 Å². The number of nitrogens with zero attached hydrogens (tertiary/aromatic N) is 3. The maximum Gasteiger partial charge on any atom is 0.272 e. The largest absolute Gasteiger partial charge is 0.356 e. The van der Waals surface area contributed by atoms with Gasteiger partial charge in [0.2, 0.25) is 0 Å². The standard InChI is InChI=1S/C14H12BrN5O/c1-9-16-4-5-20(9)13-3-2-11(8-18-13)19-14(21)12-6-10(15)7-17-12/h2-8,17H,1H3,(H,19,21). The van der Waals surface area contributed by atoms with E-state index in [1.807, 2.05) is 23.8 Å². The predicted molar refractivity (Wildman–Crippen MR) is 82.5 cm³/mol. The van der Waals surface area contributed by atoms with E-state index >= 15 is 0 Å². The fourth-order valence-corrected chi connectivity index (χ4v) is 2.26. The number of hydrogen-bond donors (Lipinski definition) is 2. The van der Waals surface area contributed by atoms with Crippen molar-refractivity contribution in [2.75, 3.05) is 5.32 Å². The zero-order chi connectivity index (χ0) is 14.8. The van der Waals surface area contributed by atoms with Gasteiger partial charge < -0.3 is 10.3 Å². The van der Waals surface area contributed by atoms with Crippen LogP contribution in [0.2, 0.25) is 0 Å². The number of aromatic nitrogens is 4. The number of imidazole rings is 1. The second kappa shape index (κ2) is 5.53. The number of aryl methyl sites for hydroxylation is 1. The Morgan fingerprint density at radius 2 is 2.24 bits per heavy atom. The average Bonchev–Trinajstić information content (AvgIpc) is 3.08. The van der Waals surface area contributed by atoms with E-state index < -0.39 is 0 Å². The molecular weight excluding hydrogens is 334 g/mol. The number of amides is 1. The Hall–Kier alpha value is -2.41. The van der Waals surface area contributed by atoms with Crippen LogP contribution in [-0.4, -0.2) is 25.4 Å². The summed E-state index contributed by atoms with van der Waals surface area (Å²) >= 11 is 3.29. The minimum absolute atomic E-state index is 0.214. The van der Waals surface area contributed by atoms with Crippen LogP contribution in [0, 0.1) is 6.92 Å². The highest BCUT2D eigenvalue weighted by Gasteiger charge is 2.09. The highest BCUT2D eigenvalue weighted by Crippen LogP contribution is 2.14. The Labute approximate surface area is 129 Å². The van der Waals surface area contributed by atoms with Crippen LogP contribution in [0.5, 0.6) is 0 Å². The summed E-state index contributed by atoms with van der Waals surface area (Å²) in [5.41, 5.74) is 1.11. The molecule has 0 aliphatic heterocycles. The van der Waals surface area contributed by atoms with Crippen molar-refractivity contribution in [3.8, 4) is 5.82 Å². The molecule has 1 amide bonds. The summed E-state index contributed by atoms with van der Waals surface area (Å²) in [5.74, 6) is 1.40. The van der Waals surface area contributed by atoms with Gasteiger partial charge in [0.1, 0.15) is 17.3 Å². The Kier molecular flexibility index (Phi) is 3.57. The molecule has 2 N–H and O–H groups in total. The van der Waals surface area contributed by atoms with Crippen LogP contribution in [0.3, 0.4) is 0 Å². The lowest BCUT2D eigenvalue weighted by atomic mass is 10.3. The summed E-state index contributed by atoms with van der Waals surface area (Å²) in [6, 6.07) is 5.35. The SMILES string of the molecule is Cc1nccn1-c1ccc(NC(=O)c2cc(Br)c[nH]2)cn1. The molecule has 6 nitrogen and oxygen atoms in total.